The molecule has 3 N–H and O–H groups in total. The quantitative estimate of drug-likeness (QED) is 0.798. The number of fused-ring (bicyclic) bond motifs is 1. The highest BCUT2D eigenvalue weighted by atomic mass is 16.4. The maximum atomic E-state index is 12.5. The fourth-order valence-corrected chi connectivity index (χ4v) is 2.58. The summed E-state index contributed by atoms with van der Waals surface area (Å²) in [5.74, 6) is -1.34. The van der Waals surface area contributed by atoms with Crippen LogP contribution in [0.15, 0.2) is 18.2 Å². The minimum absolute atomic E-state index is 0.321. The van der Waals surface area contributed by atoms with Gasteiger partial charge >= 0.3 is 5.97 Å². The van der Waals surface area contributed by atoms with Crippen LogP contribution in [0.5, 0.6) is 0 Å². The second kappa shape index (κ2) is 5.76. The van der Waals surface area contributed by atoms with Crippen LogP contribution in [-0.4, -0.2) is 29.6 Å². The van der Waals surface area contributed by atoms with Gasteiger partial charge in [0.2, 0.25) is 0 Å². The second-order valence-corrected chi connectivity index (χ2v) is 6.47. The van der Waals surface area contributed by atoms with E-state index in [1.807, 2.05) is 12.1 Å². The van der Waals surface area contributed by atoms with Crippen LogP contribution in [-0.2, 0) is 11.2 Å². The van der Waals surface area contributed by atoms with E-state index in [2.05, 4.69) is 10.6 Å². The second-order valence-electron chi connectivity index (χ2n) is 6.47. The molecule has 5 heteroatoms. The standard InChI is InChI=1S/C16H22N2O3/c1-16(2,3)13(15(20)21)18-14(19)11-6-4-8-12-10(11)7-5-9-17-12/h4,6,8,13,17H,5,7,9H2,1-3H3,(H,18,19)(H,20,21)/t13-/m0/s1. The SMILES string of the molecule is CC(C)(C)[C@@H](NC(=O)c1cccc2c1CCCN2)C(=O)O. The van der Waals surface area contributed by atoms with Crippen LogP contribution in [0.25, 0.3) is 0 Å². The lowest BCUT2D eigenvalue weighted by molar-refractivity contribution is -0.142. The predicted octanol–water partition coefficient (Wildman–Crippen LogP) is 2.27. The summed E-state index contributed by atoms with van der Waals surface area (Å²) in [6.07, 6.45) is 1.80. The fraction of sp³-hybridized carbons (Fsp3) is 0.500. The van der Waals surface area contributed by atoms with E-state index in [0.29, 0.717) is 5.56 Å². The van der Waals surface area contributed by atoms with Gasteiger partial charge in [-0.2, -0.15) is 0 Å². The minimum atomic E-state index is -1.02. The molecular weight excluding hydrogens is 268 g/mol. The Morgan fingerprint density at radius 1 is 1.33 bits per heavy atom. The Balaban J connectivity index is 2.26. The van der Waals surface area contributed by atoms with Crippen molar-refractivity contribution in [3.8, 4) is 0 Å². The maximum Gasteiger partial charge on any atom is 0.326 e. The van der Waals surface area contributed by atoms with Gasteiger partial charge < -0.3 is 15.7 Å². The summed E-state index contributed by atoms with van der Waals surface area (Å²) in [6, 6.07) is 4.60. The highest BCUT2D eigenvalue weighted by Gasteiger charge is 2.33. The molecule has 21 heavy (non-hydrogen) atoms. The van der Waals surface area contributed by atoms with E-state index in [1.54, 1.807) is 26.8 Å². The van der Waals surface area contributed by atoms with Gasteiger partial charge in [-0.05, 0) is 36.0 Å². The lowest BCUT2D eigenvalue weighted by Gasteiger charge is -2.28. The number of rotatable bonds is 3. The summed E-state index contributed by atoms with van der Waals surface area (Å²) in [5.41, 5.74) is 1.96. The van der Waals surface area contributed by atoms with E-state index in [-0.39, 0.29) is 5.91 Å². The van der Waals surface area contributed by atoms with Gasteiger partial charge in [0.05, 0.1) is 0 Å². The summed E-state index contributed by atoms with van der Waals surface area (Å²) in [5, 5.41) is 15.2. The first-order valence-corrected chi connectivity index (χ1v) is 7.20. The number of nitrogens with one attached hydrogen (secondary N) is 2. The van der Waals surface area contributed by atoms with Crippen LogP contribution >= 0.6 is 0 Å². The third-order valence-electron chi connectivity index (χ3n) is 3.73. The molecule has 0 aliphatic carbocycles. The van der Waals surface area contributed by atoms with Crippen molar-refractivity contribution < 1.29 is 14.7 Å². The van der Waals surface area contributed by atoms with Gasteiger partial charge in [0.1, 0.15) is 6.04 Å². The first-order valence-electron chi connectivity index (χ1n) is 7.20. The molecule has 0 aromatic heterocycles. The lowest BCUT2D eigenvalue weighted by Crippen LogP contribution is -2.49. The number of hydrogen-bond acceptors (Lipinski definition) is 3. The topological polar surface area (TPSA) is 78.4 Å². The number of aliphatic carboxylic acids is 1. The van der Waals surface area contributed by atoms with Crippen LogP contribution in [0.1, 0.15) is 43.1 Å². The Labute approximate surface area is 124 Å². The van der Waals surface area contributed by atoms with Crippen LogP contribution < -0.4 is 10.6 Å². The monoisotopic (exact) mass is 290 g/mol. The lowest BCUT2D eigenvalue weighted by atomic mass is 9.86. The molecular formula is C16H22N2O3. The molecule has 0 fully saturated rings. The Morgan fingerprint density at radius 3 is 2.67 bits per heavy atom. The number of carbonyl (C=O) groups is 2. The third kappa shape index (κ3) is 3.35. The van der Waals surface area contributed by atoms with Crippen LogP contribution in [0.2, 0.25) is 0 Å². The number of carboxylic acids is 1. The first kappa shape index (κ1) is 15.4. The molecule has 2 rings (SSSR count). The van der Waals surface area contributed by atoms with Crippen molar-refractivity contribution >= 4 is 17.6 Å². The Kier molecular flexibility index (Phi) is 4.21. The van der Waals surface area contributed by atoms with Gasteiger partial charge in [-0.15, -0.1) is 0 Å². The van der Waals surface area contributed by atoms with Gasteiger partial charge in [-0.3, -0.25) is 4.79 Å². The molecule has 0 unspecified atom stereocenters. The van der Waals surface area contributed by atoms with Crippen molar-refractivity contribution in [1.29, 1.82) is 0 Å². The normalized spacial score (nSPS) is 15.6. The molecule has 1 aliphatic rings. The van der Waals surface area contributed by atoms with E-state index in [4.69, 9.17) is 0 Å². The molecule has 0 saturated carbocycles. The smallest absolute Gasteiger partial charge is 0.326 e. The number of benzene rings is 1. The van der Waals surface area contributed by atoms with Crippen molar-refractivity contribution in [3.63, 3.8) is 0 Å². The number of carboxylic acid groups (broad SMARTS) is 1. The molecule has 0 bridgehead atoms. The highest BCUT2D eigenvalue weighted by molar-refractivity contribution is 5.99. The predicted molar refractivity (Wildman–Crippen MR) is 81.6 cm³/mol. The van der Waals surface area contributed by atoms with Gasteiger partial charge in [0.15, 0.2) is 0 Å². The summed E-state index contributed by atoms with van der Waals surface area (Å²) in [4.78, 5) is 23.9. The molecule has 1 heterocycles. The molecule has 0 radical (unpaired) electrons. The zero-order valence-electron chi connectivity index (χ0n) is 12.7. The fourth-order valence-electron chi connectivity index (χ4n) is 2.58. The van der Waals surface area contributed by atoms with E-state index in [0.717, 1.165) is 30.6 Å². The van der Waals surface area contributed by atoms with Crippen molar-refractivity contribution in [2.45, 2.75) is 39.7 Å². The first-order chi connectivity index (χ1) is 9.80. The van der Waals surface area contributed by atoms with Crippen LogP contribution in [0.4, 0.5) is 5.69 Å². The van der Waals surface area contributed by atoms with Gasteiger partial charge in [0, 0.05) is 17.8 Å². The molecule has 1 aromatic carbocycles. The number of anilines is 1. The minimum Gasteiger partial charge on any atom is -0.480 e. The maximum absolute atomic E-state index is 12.5. The van der Waals surface area contributed by atoms with Crippen molar-refractivity contribution in [2.75, 3.05) is 11.9 Å². The average Bonchev–Trinajstić information content (AvgIpc) is 2.42. The average molecular weight is 290 g/mol. The molecule has 114 valence electrons. The number of hydrogen-bond donors (Lipinski definition) is 3. The molecule has 0 saturated heterocycles. The Morgan fingerprint density at radius 2 is 2.05 bits per heavy atom. The molecule has 1 aromatic rings. The van der Waals surface area contributed by atoms with Gasteiger partial charge in [-0.1, -0.05) is 26.8 Å². The molecule has 0 spiro atoms. The van der Waals surface area contributed by atoms with Gasteiger partial charge in [0.25, 0.3) is 5.91 Å². The summed E-state index contributed by atoms with van der Waals surface area (Å²) in [6.45, 7) is 6.30. The zero-order chi connectivity index (χ0) is 15.6. The van der Waals surface area contributed by atoms with Crippen LogP contribution in [0, 0.1) is 5.41 Å². The van der Waals surface area contributed by atoms with Crippen molar-refractivity contribution in [1.82, 2.24) is 5.32 Å². The molecule has 1 atom stereocenters. The highest BCUT2D eigenvalue weighted by Crippen LogP contribution is 2.26. The van der Waals surface area contributed by atoms with Crippen molar-refractivity contribution in [2.24, 2.45) is 5.41 Å². The zero-order valence-corrected chi connectivity index (χ0v) is 12.7. The van der Waals surface area contributed by atoms with E-state index < -0.39 is 17.4 Å². The largest absolute Gasteiger partial charge is 0.480 e. The number of amides is 1. The Bertz CT molecular complexity index is 561. The summed E-state index contributed by atoms with van der Waals surface area (Å²) in [7, 11) is 0. The summed E-state index contributed by atoms with van der Waals surface area (Å²) < 4.78 is 0. The number of carbonyl (C=O) groups excluding carboxylic acids is 1. The summed E-state index contributed by atoms with van der Waals surface area (Å²) >= 11 is 0. The Hall–Kier alpha value is -2.04. The molecule has 5 nitrogen and oxygen atoms in total. The van der Waals surface area contributed by atoms with E-state index in [1.165, 1.54) is 0 Å². The van der Waals surface area contributed by atoms with Crippen molar-refractivity contribution in [3.05, 3.63) is 29.3 Å². The third-order valence-corrected chi connectivity index (χ3v) is 3.73. The van der Waals surface area contributed by atoms with Crippen LogP contribution in [0.3, 0.4) is 0 Å². The molecule has 1 amide bonds. The van der Waals surface area contributed by atoms with Gasteiger partial charge in [-0.25, -0.2) is 4.79 Å². The van der Waals surface area contributed by atoms with E-state index in [9.17, 15) is 14.7 Å². The van der Waals surface area contributed by atoms with E-state index >= 15 is 0 Å². The molecule has 1 aliphatic heterocycles.